The molecule has 1 aliphatic rings. The monoisotopic (exact) mass is 288 g/mol. The lowest BCUT2D eigenvalue weighted by Crippen LogP contribution is -2.32. The Morgan fingerprint density at radius 1 is 1.58 bits per heavy atom. The van der Waals surface area contributed by atoms with Crippen LogP contribution in [-0.2, 0) is 19.0 Å². The van der Waals surface area contributed by atoms with E-state index in [2.05, 4.69) is 13.5 Å². The Morgan fingerprint density at radius 3 is 2.74 bits per heavy atom. The van der Waals surface area contributed by atoms with Crippen LogP contribution in [0.1, 0.15) is 33.6 Å². The average molecular weight is 288 g/mol. The van der Waals surface area contributed by atoms with Gasteiger partial charge in [-0.05, 0) is 32.6 Å². The first kappa shape index (κ1) is 16.4. The smallest absolute Gasteiger partial charge is 0.264 e. The van der Waals surface area contributed by atoms with E-state index >= 15 is 0 Å². The Hall–Kier alpha value is -0.650. The van der Waals surface area contributed by atoms with E-state index < -0.39 is 15.7 Å². The van der Waals surface area contributed by atoms with Gasteiger partial charge >= 0.3 is 0 Å². The minimum absolute atomic E-state index is 0.00695. The van der Waals surface area contributed by atoms with E-state index in [0.29, 0.717) is 5.92 Å². The summed E-state index contributed by atoms with van der Waals surface area (Å²) >= 11 is 0. The van der Waals surface area contributed by atoms with Crippen molar-refractivity contribution in [2.45, 2.75) is 45.3 Å². The van der Waals surface area contributed by atoms with E-state index in [4.69, 9.17) is 8.92 Å². The van der Waals surface area contributed by atoms with Crippen LogP contribution in [0, 0.1) is 5.92 Å². The quantitative estimate of drug-likeness (QED) is 0.557. The molecular weight excluding hydrogens is 264 g/mol. The van der Waals surface area contributed by atoms with Crippen LogP contribution in [0.25, 0.3) is 0 Å². The number of hydrogen-bond donors (Lipinski definition) is 0. The molecule has 0 amide bonds. The Bertz CT molecular complexity index is 452. The fourth-order valence-electron chi connectivity index (χ4n) is 2.25. The highest BCUT2D eigenvalue weighted by Gasteiger charge is 2.40. The zero-order valence-electron chi connectivity index (χ0n) is 12.2. The van der Waals surface area contributed by atoms with Gasteiger partial charge in [0.05, 0.1) is 24.6 Å². The maximum absolute atomic E-state index is 11.0. The van der Waals surface area contributed by atoms with Crippen molar-refractivity contribution in [3.8, 4) is 0 Å². The van der Waals surface area contributed by atoms with E-state index in [1.807, 2.05) is 26.0 Å². The van der Waals surface area contributed by atoms with Crippen LogP contribution < -0.4 is 0 Å². The van der Waals surface area contributed by atoms with Crippen molar-refractivity contribution in [2.24, 2.45) is 5.92 Å². The SMILES string of the molecule is C=C(C)C/C=C/[C@@H]1O[C@](C)(COS(C)(=O)=O)C[C@@H]1C. The molecule has 0 N–H and O–H groups in total. The van der Waals surface area contributed by atoms with E-state index in [9.17, 15) is 8.42 Å². The van der Waals surface area contributed by atoms with Gasteiger partial charge in [0.1, 0.15) is 0 Å². The second kappa shape index (κ2) is 6.20. The third kappa shape index (κ3) is 5.89. The van der Waals surface area contributed by atoms with Crippen LogP contribution in [0.2, 0.25) is 0 Å². The van der Waals surface area contributed by atoms with Crippen LogP contribution in [0.5, 0.6) is 0 Å². The standard InChI is InChI=1S/C14H24O4S/c1-11(2)7-6-8-13-12(3)9-14(4,18-13)10-17-19(5,15)16/h6,8,12-13H,1,7,9-10H2,2-5H3/b8-6+/t12-,13-,14-/m0/s1. The van der Waals surface area contributed by atoms with Gasteiger partial charge in [-0.15, -0.1) is 0 Å². The lowest BCUT2D eigenvalue weighted by molar-refractivity contribution is -0.0394. The lowest BCUT2D eigenvalue weighted by Gasteiger charge is -2.23. The van der Waals surface area contributed by atoms with Gasteiger partial charge < -0.3 is 4.74 Å². The van der Waals surface area contributed by atoms with Gasteiger partial charge in [-0.2, -0.15) is 8.42 Å². The van der Waals surface area contributed by atoms with E-state index in [0.717, 1.165) is 24.7 Å². The van der Waals surface area contributed by atoms with E-state index in [-0.39, 0.29) is 12.7 Å². The highest BCUT2D eigenvalue weighted by molar-refractivity contribution is 7.85. The summed E-state index contributed by atoms with van der Waals surface area (Å²) in [5, 5.41) is 0. The minimum Gasteiger partial charge on any atom is -0.365 e. The fourth-order valence-corrected chi connectivity index (χ4v) is 2.71. The Labute approximate surface area is 116 Å². The fraction of sp³-hybridized carbons (Fsp3) is 0.714. The summed E-state index contributed by atoms with van der Waals surface area (Å²) in [7, 11) is -3.42. The highest BCUT2D eigenvalue weighted by Crippen LogP contribution is 2.36. The van der Waals surface area contributed by atoms with Crippen molar-refractivity contribution in [1.82, 2.24) is 0 Å². The topological polar surface area (TPSA) is 52.6 Å². The van der Waals surface area contributed by atoms with Crippen molar-refractivity contribution in [3.63, 3.8) is 0 Å². The molecule has 0 aromatic heterocycles. The largest absolute Gasteiger partial charge is 0.365 e. The summed E-state index contributed by atoms with van der Waals surface area (Å²) in [5.41, 5.74) is 0.561. The zero-order chi connectivity index (χ0) is 14.7. The van der Waals surface area contributed by atoms with Gasteiger partial charge in [-0.3, -0.25) is 4.18 Å². The Kier molecular flexibility index (Phi) is 5.35. The number of ether oxygens (including phenoxy) is 1. The normalized spacial score (nSPS) is 32.0. The maximum atomic E-state index is 11.0. The average Bonchev–Trinajstić information content (AvgIpc) is 2.51. The molecule has 19 heavy (non-hydrogen) atoms. The van der Waals surface area contributed by atoms with Crippen molar-refractivity contribution in [2.75, 3.05) is 12.9 Å². The molecule has 1 aliphatic heterocycles. The molecule has 0 bridgehead atoms. The van der Waals surface area contributed by atoms with Crippen molar-refractivity contribution < 1.29 is 17.3 Å². The molecule has 0 aliphatic carbocycles. The third-order valence-corrected chi connectivity index (χ3v) is 3.65. The van der Waals surface area contributed by atoms with E-state index in [1.54, 1.807) is 0 Å². The molecule has 110 valence electrons. The Balaban J connectivity index is 2.57. The molecule has 1 heterocycles. The first-order valence-electron chi connectivity index (χ1n) is 6.44. The van der Waals surface area contributed by atoms with Crippen LogP contribution in [0.3, 0.4) is 0 Å². The van der Waals surface area contributed by atoms with Gasteiger partial charge in [-0.25, -0.2) is 0 Å². The van der Waals surface area contributed by atoms with Crippen LogP contribution >= 0.6 is 0 Å². The van der Waals surface area contributed by atoms with Crippen molar-refractivity contribution in [1.29, 1.82) is 0 Å². The first-order chi connectivity index (χ1) is 8.61. The molecule has 0 saturated carbocycles. The number of rotatable bonds is 6. The van der Waals surface area contributed by atoms with Crippen LogP contribution in [0.4, 0.5) is 0 Å². The van der Waals surface area contributed by atoms with Gasteiger partial charge in [0.25, 0.3) is 10.1 Å². The molecule has 0 spiro atoms. The van der Waals surface area contributed by atoms with Gasteiger partial charge in [-0.1, -0.05) is 31.2 Å². The molecule has 5 heteroatoms. The predicted molar refractivity (Wildman–Crippen MR) is 76.4 cm³/mol. The molecule has 0 radical (unpaired) electrons. The van der Waals surface area contributed by atoms with Gasteiger partial charge in [0.15, 0.2) is 0 Å². The minimum atomic E-state index is -3.42. The third-order valence-electron chi connectivity index (χ3n) is 3.11. The molecule has 1 fully saturated rings. The molecule has 0 unspecified atom stereocenters. The number of allylic oxidation sites excluding steroid dienone is 2. The highest BCUT2D eigenvalue weighted by atomic mass is 32.2. The molecule has 1 saturated heterocycles. The predicted octanol–water partition coefficient (Wildman–Crippen LogP) is 2.67. The molecular formula is C14H24O4S. The summed E-state index contributed by atoms with van der Waals surface area (Å²) in [4.78, 5) is 0. The summed E-state index contributed by atoms with van der Waals surface area (Å²) in [6.45, 7) is 9.88. The second-order valence-electron chi connectivity index (χ2n) is 5.77. The summed E-state index contributed by atoms with van der Waals surface area (Å²) < 4.78 is 32.9. The van der Waals surface area contributed by atoms with Gasteiger partial charge in [0.2, 0.25) is 0 Å². The van der Waals surface area contributed by atoms with Crippen LogP contribution in [-0.4, -0.2) is 33.0 Å². The summed E-state index contributed by atoms with van der Waals surface area (Å²) in [6, 6.07) is 0. The summed E-state index contributed by atoms with van der Waals surface area (Å²) in [5.74, 6) is 0.342. The van der Waals surface area contributed by atoms with E-state index in [1.165, 1.54) is 0 Å². The lowest BCUT2D eigenvalue weighted by atomic mass is 9.95. The van der Waals surface area contributed by atoms with Crippen molar-refractivity contribution >= 4 is 10.1 Å². The molecule has 0 aromatic carbocycles. The molecule has 0 aromatic rings. The number of hydrogen-bond acceptors (Lipinski definition) is 4. The first-order valence-corrected chi connectivity index (χ1v) is 8.26. The zero-order valence-corrected chi connectivity index (χ0v) is 13.0. The maximum Gasteiger partial charge on any atom is 0.264 e. The Morgan fingerprint density at radius 2 is 2.21 bits per heavy atom. The van der Waals surface area contributed by atoms with Crippen molar-refractivity contribution in [3.05, 3.63) is 24.3 Å². The molecule has 1 rings (SSSR count). The summed E-state index contributed by atoms with van der Waals surface area (Å²) in [6.07, 6.45) is 6.76. The second-order valence-corrected chi connectivity index (χ2v) is 7.41. The van der Waals surface area contributed by atoms with Crippen LogP contribution in [0.15, 0.2) is 24.3 Å². The molecule has 4 nitrogen and oxygen atoms in total. The molecule has 3 atom stereocenters. The van der Waals surface area contributed by atoms with Gasteiger partial charge in [0, 0.05) is 0 Å².